The van der Waals surface area contributed by atoms with Crippen LogP contribution in [0.25, 0.3) is 5.57 Å². The third-order valence-electron chi connectivity index (χ3n) is 3.63. The Morgan fingerprint density at radius 2 is 1.95 bits per heavy atom. The first-order chi connectivity index (χ1) is 10.0. The van der Waals surface area contributed by atoms with Crippen LogP contribution in [0.3, 0.4) is 0 Å². The van der Waals surface area contributed by atoms with Gasteiger partial charge in [-0.15, -0.1) is 0 Å². The highest BCUT2D eigenvalue weighted by Gasteiger charge is 2.07. The first kappa shape index (κ1) is 17.0. The molecular weight excluding hydrogens is 263 g/mol. The summed E-state index contributed by atoms with van der Waals surface area (Å²) in [5, 5.41) is 3.16. The Morgan fingerprint density at radius 1 is 1.33 bits per heavy atom. The molecule has 0 heterocycles. The highest BCUT2D eigenvalue weighted by Crippen LogP contribution is 2.18. The largest absolute Gasteiger partial charge is 0.397 e. The summed E-state index contributed by atoms with van der Waals surface area (Å²) in [6.07, 6.45) is 4.78. The molecule has 0 aliphatic rings. The molecule has 0 aliphatic heterocycles. The van der Waals surface area contributed by atoms with E-state index in [0.29, 0.717) is 17.2 Å². The van der Waals surface area contributed by atoms with Crippen molar-refractivity contribution in [1.82, 2.24) is 5.32 Å². The van der Waals surface area contributed by atoms with Gasteiger partial charge in [0.1, 0.15) is 6.67 Å². The van der Waals surface area contributed by atoms with Crippen molar-refractivity contribution in [1.29, 1.82) is 0 Å². The van der Waals surface area contributed by atoms with E-state index >= 15 is 0 Å². The van der Waals surface area contributed by atoms with E-state index in [0.717, 1.165) is 23.3 Å². The highest BCUT2D eigenvalue weighted by molar-refractivity contribution is 5.72. The average molecular weight is 288 g/mol. The lowest BCUT2D eigenvalue weighted by Crippen LogP contribution is -2.19. The molecule has 1 rings (SSSR count). The molecule has 0 unspecified atom stereocenters. The third-order valence-corrected chi connectivity index (χ3v) is 3.63. The molecule has 0 aromatic heterocycles. The minimum absolute atomic E-state index is 0.386. The Balaban J connectivity index is 2.87. The maximum Gasteiger partial charge on any atom is 0.115 e. The van der Waals surface area contributed by atoms with E-state index in [9.17, 15) is 4.39 Å². The molecular formula is C18H25FN2. The van der Waals surface area contributed by atoms with E-state index in [4.69, 9.17) is 5.73 Å². The van der Waals surface area contributed by atoms with Gasteiger partial charge in [-0.25, -0.2) is 4.39 Å². The zero-order valence-electron chi connectivity index (χ0n) is 13.1. The molecule has 1 aromatic rings. The van der Waals surface area contributed by atoms with Crippen LogP contribution in [-0.4, -0.2) is 7.05 Å². The van der Waals surface area contributed by atoms with Gasteiger partial charge >= 0.3 is 0 Å². The molecule has 114 valence electrons. The normalized spacial score (nSPS) is 13.9. The van der Waals surface area contributed by atoms with Crippen LogP contribution < -0.4 is 11.1 Å². The zero-order valence-corrected chi connectivity index (χ0v) is 13.1. The minimum Gasteiger partial charge on any atom is -0.397 e. The van der Waals surface area contributed by atoms with E-state index in [1.165, 1.54) is 0 Å². The lowest BCUT2D eigenvalue weighted by molar-refractivity contribution is 0.485. The molecule has 0 fully saturated rings. The van der Waals surface area contributed by atoms with Crippen LogP contribution in [0.5, 0.6) is 0 Å². The number of nitrogens with two attached hydrogens (primary N) is 1. The summed E-state index contributed by atoms with van der Waals surface area (Å²) in [4.78, 5) is 0. The number of rotatable bonds is 7. The van der Waals surface area contributed by atoms with Crippen molar-refractivity contribution in [2.45, 2.75) is 26.9 Å². The first-order valence-corrected chi connectivity index (χ1v) is 7.23. The predicted molar refractivity (Wildman–Crippen MR) is 89.2 cm³/mol. The van der Waals surface area contributed by atoms with E-state index in [-0.39, 0.29) is 0 Å². The van der Waals surface area contributed by atoms with Gasteiger partial charge in [0.2, 0.25) is 0 Å². The maximum absolute atomic E-state index is 12.5. The molecule has 0 saturated carbocycles. The summed E-state index contributed by atoms with van der Waals surface area (Å²) < 4.78 is 12.5. The molecule has 0 radical (unpaired) electrons. The molecule has 3 heteroatoms. The number of halogens is 1. The van der Waals surface area contributed by atoms with Gasteiger partial charge in [0.05, 0.1) is 5.70 Å². The Hall–Kier alpha value is -2.03. The topological polar surface area (TPSA) is 38.0 Å². The molecule has 1 atom stereocenters. The van der Waals surface area contributed by atoms with Gasteiger partial charge in [0.15, 0.2) is 0 Å². The number of nitrogens with one attached hydrogen (secondary N) is 1. The lowest BCUT2D eigenvalue weighted by atomic mass is 10.0. The standard InChI is InChI=1S/C18H25FN2/c1-5-13(2)18(21-4)17(20)11-6-14(3)16-9-7-15(12-19)8-10-16/h6-11,13,21H,3,5,12,20H2,1-2,4H3/b11-6-,18-17-/t13-/m1/s1. The Bertz CT molecular complexity index is 527. The van der Waals surface area contributed by atoms with Crippen LogP contribution in [-0.2, 0) is 6.67 Å². The minimum atomic E-state index is -0.446. The summed E-state index contributed by atoms with van der Waals surface area (Å²) in [7, 11) is 1.88. The second kappa shape index (κ2) is 8.30. The van der Waals surface area contributed by atoms with Crippen molar-refractivity contribution in [3.8, 4) is 0 Å². The molecule has 0 aliphatic carbocycles. The number of allylic oxidation sites excluding steroid dienone is 4. The third kappa shape index (κ3) is 4.78. The molecule has 21 heavy (non-hydrogen) atoms. The molecule has 0 amide bonds. The fraction of sp³-hybridized carbons (Fsp3) is 0.333. The highest BCUT2D eigenvalue weighted by atomic mass is 19.1. The first-order valence-electron chi connectivity index (χ1n) is 7.23. The van der Waals surface area contributed by atoms with E-state index in [1.807, 2.05) is 31.3 Å². The van der Waals surface area contributed by atoms with Gasteiger partial charge in [-0.1, -0.05) is 50.8 Å². The van der Waals surface area contributed by atoms with Crippen molar-refractivity contribution in [2.24, 2.45) is 11.7 Å². The number of hydrogen-bond acceptors (Lipinski definition) is 2. The van der Waals surface area contributed by atoms with Crippen LogP contribution in [0, 0.1) is 5.92 Å². The second-order valence-electron chi connectivity index (χ2n) is 5.12. The van der Waals surface area contributed by atoms with Crippen molar-refractivity contribution >= 4 is 5.57 Å². The van der Waals surface area contributed by atoms with Crippen LogP contribution in [0.1, 0.15) is 31.4 Å². The van der Waals surface area contributed by atoms with E-state index < -0.39 is 6.67 Å². The molecule has 2 nitrogen and oxygen atoms in total. The van der Waals surface area contributed by atoms with Gasteiger partial charge in [-0.05, 0) is 35.1 Å². The summed E-state index contributed by atoms with van der Waals surface area (Å²) >= 11 is 0. The Morgan fingerprint density at radius 3 is 2.43 bits per heavy atom. The van der Waals surface area contributed by atoms with E-state index in [2.05, 4.69) is 25.7 Å². The van der Waals surface area contributed by atoms with Gasteiger partial charge in [0, 0.05) is 12.7 Å². The fourth-order valence-electron chi connectivity index (χ4n) is 2.06. The maximum atomic E-state index is 12.5. The average Bonchev–Trinajstić information content (AvgIpc) is 2.53. The van der Waals surface area contributed by atoms with Crippen LogP contribution in [0.15, 0.2) is 54.4 Å². The summed E-state index contributed by atoms with van der Waals surface area (Å²) in [5.41, 5.74) is 10.4. The summed E-state index contributed by atoms with van der Waals surface area (Å²) in [5.74, 6) is 0.386. The number of hydrogen-bond donors (Lipinski definition) is 2. The molecule has 0 saturated heterocycles. The van der Waals surface area contributed by atoms with Gasteiger partial charge < -0.3 is 11.1 Å². The molecule has 3 N–H and O–H groups in total. The molecule has 1 aromatic carbocycles. The summed E-state index contributed by atoms with van der Waals surface area (Å²) in [6.45, 7) is 7.84. The predicted octanol–water partition coefficient (Wildman–Crippen LogP) is 4.16. The smallest absolute Gasteiger partial charge is 0.115 e. The summed E-state index contributed by atoms with van der Waals surface area (Å²) in [6, 6.07) is 7.28. The van der Waals surface area contributed by atoms with Crippen molar-refractivity contribution in [3.63, 3.8) is 0 Å². The van der Waals surface area contributed by atoms with Crippen LogP contribution in [0.4, 0.5) is 4.39 Å². The van der Waals surface area contributed by atoms with Gasteiger partial charge in [-0.2, -0.15) is 0 Å². The van der Waals surface area contributed by atoms with Crippen molar-refractivity contribution in [2.75, 3.05) is 7.05 Å². The quantitative estimate of drug-likeness (QED) is 0.739. The van der Waals surface area contributed by atoms with Crippen LogP contribution in [0.2, 0.25) is 0 Å². The lowest BCUT2D eigenvalue weighted by Gasteiger charge is -2.15. The van der Waals surface area contributed by atoms with Gasteiger partial charge in [0.25, 0.3) is 0 Å². The SMILES string of the molecule is C=C(/C=C\C(N)=C(\NC)[C@H](C)CC)c1ccc(CF)cc1. The number of benzene rings is 1. The van der Waals surface area contributed by atoms with Gasteiger partial charge in [-0.3, -0.25) is 0 Å². The van der Waals surface area contributed by atoms with Crippen molar-refractivity contribution in [3.05, 3.63) is 65.5 Å². The van der Waals surface area contributed by atoms with Crippen molar-refractivity contribution < 1.29 is 4.39 Å². The second-order valence-corrected chi connectivity index (χ2v) is 5.12. The molecule has 0 spiro atoms. The monoisotopic (exact) mass is 288 g/mol. The number of alkyl halides is 1. The van der Waals surface area contributed by atoms with E-state index in [1.54, 1.807) is 12.1 Å². The Kier molecular flexibility index (Phi) is 6.73. The Labute approximate surface area is 127 Å². The fourth-order valence-corrected chi connectivity index (χ4v) is 2.06. The van der Waals surface area contributed by atoms with Crippen LogP contribution >= 0.6 is 0 Å². The molecule has 0 bridgehead atoms. The zero-order chi connectivity index (χ0) is 15.8.